The molecule has 1 rings (SSSR count). The zero-order valence-corrected chi connectivity index (χ0v) is 12.7. The number of amidine groups is 1. The first kappa shape index (κ1) is 16.2. The summed E-state index contributed by atoms with van der Waals surface area (Å²) in [7, 11) is 1.82. The average molecular weight is 280 g/mol. The molecular weight excluding hydrogens is 256 g/mol. The van der Waals surface area contributed by atoms with Crippen LogP contribution in [0.25, 0.3) is 0 Å². The maximum Gasteiger partial charge on any atom is 0.206 e. The van der Waals surface area contributed by atoms with Gasteiger partial charge in [-0.2, -0.15) is 0 Å². The molecular formula is C14H24N4O2. The Kier molecular flexibility index (Phi) is 6.24. The zero-order valence-electron chi connectivity index (χ0n) is 12.7. The SMILES string of the molecule is C=C(N=C(CO)N(C)C1CC(C)=NO1)N/C(C)=C/CC. The molecule has 0 amide bonds. The topological polar surface area (TPSA) is 69.5 Å². The van der Waals surface area contributed by atoms with Crippen molar-refractivity contribution in [1.29, 1.82) is 0 Å². The molecule has 112 valence electrons. The summed E-state index contributed by atoms with van der Waals surface area (Å²) in [6.07, 6.45) is 3.46. The van der Waals surface area contributed by atoms with Crippen LogP contribution in [0, 0.1) is 0 Å². The van der Waals surface area contributed by atoms with Gasteiger partial charge < -0.3 is 20.2 Å². The van der Waals surface area contributed by atoms with Crippen LogP contribution in [0.2, 0.25) is 0 Å². The molecule has 0 radical (unpaired) electrons. The molecule has 0 bridgehead atoms. The van der Waals surface area contributed by atoms with E-state index in [4.69, 9.17) is 4.84 Å². The van der Waals surface area contributed by atoms with Crippen LogP contribution in [-0.2, 0) is 4.84 Å². The van der Waals surface area contributed by atoms with Crippen LogP contribution in [0.3, 0.4) is 0 Å². The third kappa shape index (κ3) is 4.70. The van der Waals surface area contributed by atoms with E-state index in [2.05, 4.69) is 29.0 Å². The lowest BCUT2D eigenvalue weighted by molar-refractivity contribution is 0.00831. The number of nitrogens with one attached hydrogen (secondary N) is 1. The number of oxime groups is 1. The molecule has 0 saturated carbocycles. The number of allylic oxidation sites excluding steroid dienone is 2. The van der Waals surface area contributed by atoms with E-state index in [0.717, 1.165) is 17.8 Å². The summed E-state index contributed by atoms with van der Waals surface area (Å²) >= 11 is 0. The number of aliphatic imine (C=N–C) groups is 1. The van der Waals surface area contributed by atoms with Gasteiger partial charge in [0.15, 0.2) is 0 Å². The van der Waals surface area contributed by atoms with Crippen LogP contribution in [-0.4, -0.2) is 41.4 Å². The van der Waals surface area contributed by atoms with Crippen LogP contribution >= 0.6 is 0 Å². The van der Waals surface area contributed by atoms with E-state index in [9.17, 15) is 5.11 Å². The van der Waals surface area contributed by atoms with Gasteiger partial charge in [-0.25, -0.2) is 4.99 Å². The summed E-state index contributed by atoms with van der Waals surface area (Å²) in [5, 5.41) is 16.4. The van der Waals surface area contributed by atoms with Gasteiger partial charge in [0.1, 0.15) is 18.3 Å². The highest BCUT2D eigenvalue weighted by Crippen LogP contribution is 2.14. The summed E-state index contributed by atoms with van der Waals surface area (Å²) < 4.78 is 0. The fraction of sp³-hybridized carbons (Fsp3) is 0.571. The fourth-order valence-corrected chi connectivity index (χ4v) is 1.85. The van der Waals surface area contributed by atoms with Gasteiger partial charge in [0.05, 0.1) is 5.71 Å². The van der Waals surface area contributed by atoms with Crippen molar-refractivity contribution < 1.29 is 9.94 Å². The number of rotatable bonds is 6. The minimum Gasteiger partial charge on any atom is -0.388 e. The molecule has 1 atom stereocenters. The second-order valence-corrected chi connectivity index (χ2v) is 4.75. The van der Waals surface area contributed by atoms with Gasteiger partial charge in [0, 0.05) is 19.2 Å². The lowest BCUT2D eigenvalue weighted by Gasteiger charge is -2.25. The Labute approximate surface area is 120 Å². The number of hydrogen-bond acceptors (Lipinski definition) is 5. The van der Waals surface area contributed by atoms with E-state index < -0.39 is 0 Å². The number of hydrogen-bond donors (Lipinski definition) is 2. The summed E-state index contributed by atoms with van der Waals surface area (Å²) in [5.74, 6) is 0.973. The molecule has 6 heteroatoms. The lowest BCUT2D eigenvalue weighted by Crippen LogP contribution is -2.39. The number of aliphatic hydroxyl groups is 1. The smallest absolute Gasteiger partial charge is 0.206 e. The molecule has 0 spiro atoms. The van der Waals surface area contributed by atoms with Crippen LogP contribution in [0.15, 0.2) is 34.3 Å². The predicted octanol–water partition coefficient (Wildman–Crippen LogP) is 1.81. The molecule has 6 nitrogen and oxygen atoms in total. The molecule has 0 aromatic heterocycles. The molecule has 1 aliphatic heterocycles. The van der Waals surface area contributed by atoms with Crippen LogP contribution < -0.4 is 5.32 Å². The van der Waals surface area contributed by atoms with Crippen LogP contribution in [0.4, 0.5) is 0 Å². The third-order valence-corrected chi connectivity index (χ3v) is 2.90. The molecule has 2 N–H and O–H groups in total. The van der Waals surface area contributed by atoms with E-state index >= 15 is 0 Å². The third-order valence-electron chi connectivity index (χ3n) is 2.90. The lowest BCUT2D eigenvalue weighted by atomic mass is 10.2. The molecule has 0 aliphatic carbocycles. The molecule has 0 aromatic carbocycles. The standard InChI is InChI=1S/C14H24N4O2/c1-6-7-10(2)15-12(4)16-13(9-19)18(5)14-8-11(3)17-20-14/h7,14-15,19H,4,6,8-9H2,1-3,5H3/b10-7+,16-13?. The average Bonchev–Trinajstić information content (AvgIpc) is 2.82. The molecule has 20 heavy (non-hydrogen) atoms. The van der Waals surface area contributed by atoms with Gasteiger partial charge in [-0.05, 0) is 20.3 Å². The maximum absolute atomic E-state index is 9.46. The van der Waals surface area contributed by atoms with Crippen molar-refractivity contribution in [3.8, 4) is 0 Å². The van der Waals surface area contributed by atoms with Crippen molar-refractivity contribution in [3.63, 3.8) is 0 Å². The Morgan fingerprint density at radius 1 is 1.70 bits per heavy atom. The highest BCUT2D eigenvalue weighted by molar-refractivity contribution is 5.86. The van der Waals surface area contributed by atoms with E-state index in [1.807, 2.05) is 27.0 Å². The maximum atomic E-state index is 9.46. The Hall–Kier alpha value is -1.82. The van der Waals surface area contributed by atoms with Crippen molar-refractivity contribution in [2.45, 2.75) is 39.8 Å². The van der Waals surface area contributed by atoms with E-state index in [1.165, 1.54) is 0 Å². The van der Waals surface area contributed by atoms with Gasteiger partial charge in [-0.1, -0.05) is 24.7 Å². The molecule has 1 aliphatic rings. The first-order chi connectivity index (χ1) is 9.47. The van der Waals surface area contributed by atoms with Gasteiger partial charge in [-0.15, -0.1) is 0 Å². The first-order valence-corrected chi connectivity index (χ1v) is 6.71. The van der Waals surface area contributed by atoms with Crippen molar-refractivity contribution in [2.75, 3.05) is 13.7 Å². The minimum atomic E-state index is -0.221. The highest BCUT2D eigenvalue weighted by atomic mass is 16.7. The molecule has 1 heterocycles. The van der Waals surface area contributed by atoms with E-state index in [0.29, 0.717) is 18.1 Å². The largest absolute Gasteiger partial charge is 0.388 e. The van der Waals surface area contributed by atoms with Crippen molar-refractivity contribution in [2.24, 2.45) is 10.1 Å². The molecule has 0 saturated heterocycles. The second kappa shape index (κ2) is 7.69. The Bertz CT molecular complexity index is 440. The molecule has 1 unspecified atom stereocenters. The molecule has 0 aromatic rings. The van der Waals surface area contributed by atoms with Crippen LogP contribution in [0.5, 0.6) is 0 Å². The summed E-state index contributed by atoms with van der Waals surface area (Å²) in [6.45, 7) is 9.57. The second-order valence-electron chi connectivity index (χ2n) is 4.75. The van der Waals surface area contributed by atoms with Crippen molar-refractivity contribution in [3.05, 3.63) is 24.2 Å². The number of aliphatic hydroxyl groups excluding tert-OH is 1. The summed E-state index contributed by atoms with van der Waals surface area (Å²) in [4.78, 5) is 11.3. The van der Waals surface area contributed by atoms with Gasteiger partial charge >= 0.3 is 0 Å². The van der Waals surface area contributed by atoms with Crippen LogP contribution in [0.1, 0.15) is 33.6 Å². The van der Waals surface area contributed by atoms with Crippen molar-refractivity contribution in [1.82, 2.24) is 10.2 Å². The van der Waals surface area contributed by atoms with E-state index in [1.54, 1.807) is 4.90 Å². The Morgan fingerprint density at radius 2 is 2.40 bits per heavy atom. The van der Waals surface area contributed by atoms with Gasteiger partial charge in [0.2, 0.25) is 6.23 Å². The fourth-order valence-electron chi connectivity index (χ4n) is 1.85. The van der Waals surface area contributed by atoms with Gasteiger partial charge in [0.25, 0.3) is 0 Å². The highest BCUT2D eigenvalue weighted by Gasteiger charge is 2.24. The number of likely N-dealkylation sites (N-methyl/N-ethyl adjacent to an activating group) is 1. The molecule has 0 fully saturated rings. The summed E-state index contributed by atoms with van der Waals surface area (Å²) in [5.41, 5.74) is 1.91. The quantitative estimate of drug-likeness (QED) is 0.575. The Balaban J connectivity index is 2.67. The Morgan fingerprint density at radius 3 is 2.90 bits per heavy atom. The monoisotopic (exact) mass is 280 g/mol. The number of nitrogens with zero attached hydrogens (tertiary/aromatic N) is 3. The zero-order chi connectivity index (χ0) is 15.1. The van der Waals surface area contributed by atoms with E-state index in [-0.39, 0.29) is 12.8 Å². The van der Waals surface area contributed by atoms with Gasteiger partial charge in [-0.3, -0.25) is 0 Å². The normalized spacial score (nSPS) is 19.4. The summed E-state index contributed by atoms with van der Waals surface area (Å²) in [6, 6.07) is 0. The minimum absolute atomic E-state index is 0.188. The van der Waals surface area contributed by atoms with Crippen molar-refractivity contribution >= 4 is 11.5 Å². The predicted molar refractivity (Wildman–Crippen MR) is 81.2 cm³/mol. The first-order valence-electron chi connectivity index (χ1n) is 6.71.